The van der Waals surface area contributed by atoms with Crippen molar-refractivity contribution < 1.29 is 64.6 Å². The Morgan fingerprint density at radius 1 is 0.778 bits per heavy atom. The van der Waals surface area contributed by atoms with Gasteiger partial charge in [0, 0.05) is 0 Å². The van der Waals surface area contributed by atoms with Crippen LogP contribution in [0.3, 0.4) is 0 Å². The summed E-state index contributed by atoms with van der Waals surface area (Å²) in [6, 6.07) is 0. The minimum Gasteiger partial charge on any atom is -0.455 e. The van der Waals surface area contributed by atoms with Crippen molar-refractivity contribution in [1.82, 2.24) is 0 Å². The molecule has 0 aliphatic carbocycles. The molecule has 2 fully saturated rings. The predicted molar refractivity (Wildman–Crippen MR) is 79.6 cm³/mol. The van der Waals surface area contributed by atoms with Gasteiger partial charge in [-0.05, 0) is 0 Å². The molecule has 0 aromatic rings. The van der Waals surface area contributed by atoms with Crippen molar-refractivity contribution in [3.05, 3.63) is 0 Å². The van der Waals surface area contributed by atoms with E-state index < -0.39 is 87.2 Å². The smallest absolute Gasteiger partial charge is 0.332 e. The zero-order chi connectivity index (χ0) is 20.3. The van der Waals surface area contributed by atoms with Crippen LogP contribution in [-0.4, -0.2) is 128 Å². The van der Waals surface area contributed by atoms with Gasteiger partial charge in [0.2, 0.25) is 0 Å². The van der Waals surface area contributed by atoms with Crippen molar-refractivity contribution in [3.63, 3.8) is 0 Å². The Morgan fingerprint density at radius 2 is 1.41 bits per heavy atom. The molecule has 0 aromatic carbocycles. The summed E-state index contributed by atoms with van der Waals surface area (Å²) in [4.78, 5) is 11.3. The van der Waals surface area contributed by atoms with E-state index in [9.17, 15) is 40.5 Å². The average molecular weight is 400 g/mol. The van der Waals surface area contributed by atoms with Gasteiger partial charge in [0.25, 0.3) is 0 Å². The SMILES string of the molecule is O=C(CO)O[C@@H]1[C@@H](O)[C@@H](O[C@H]2[C@H](O)[C@@H](O)[C@H](O)O[C@@H]2CO)O[C@H](CO)[C@H]1O. The Hall–Kier alpha value is -0.970. The molecule has 0 bridgehead atoms. The highest BCUT2D eigenvalue weighted by atomic mass is 16.7. The maximum atomic E-state index is 11.3. The van der Waals surface area contributed by atoms with Gasteiger partial charge >= 0.3 is 5.97 Å². The molecule has 13 heteroatoms. The fourth-order valence-electron chi connectivity index (χ4n) is 2.88. The molecule has 2 heterocycles. The largest absolute Gasteiger partial charge is 0.455 e. The van der Waals surface area contributed by atoms with E-state index in [-0.39, 0.29) is 0 Å². The molecule has 0 spiro atoms. The predicted octanol–water partition coefficient (Wildman–Crippen LogP) is -5.85. The second-order valence-electron chi connectivity index (χ2n) is 6.15. The van der Waals surface area contributed by atoms with Crippen LogP contribution in [0.1, 0.15) is 0 Å². The summed E-state index contributed by atoms with van der Waals surface area (Å²) >= 11 is 0. The maximum Gasteiger partial charge on any atom is 0.332 e. The Morgan fingerprint density at radius 3 is 1.96 bits per heavy atom. The zero-order valence-electron chi connectivity index (χ0n) is 14.0. The molecule has 2 aliphatic heterocycles. The Kier molecular flexibility index (Phi) is 7.84. The van der Waals surface area contributed by atoms with Crippen LogP contribution in [0.15, 0.2) is 0 Å². The number of hydrogen-bond acceptors (Lipinski definition) is 13. The van der Waals surface area contributed by atoms with E-state index in [1.54, 1.807) is 0 Å². The van der Waals surface area contributed by atoms with E-state index in [1.165, 1.54) is 0 Å². The van der Waals surface area contributed by atoms with Gasteiger partial charge in [0.1, 0.15) is 49.3 Å². The van der Waals surface area contributed by atoms with E-state index in [0.29, 0.717) is 0 Å². The number of hydrogen-bond donors (Lipinski definition) is 8. The van der Waals surface area contributed by atoms with E-state index in [0.717, 1.165) is 0 Å². The molecule has 0 radical (unpaired) electrons. The number of aliphatic hydroxyl groups is 8. The van der Waals surface area contributed by atoms with Gasteiger partial charge in [0.15, 0.2) is 18.7 Å². The molecule has 8 N–H and O–H groups in total. The normalized spacial score (nSPS) is 45.5. The molecule has 0 amide bonds. The summed E-state index contributed by atoms with van der Waals surface area (Å²) in [7, 11) is 0. The van der Waals surface area contributed by atoms with Gasteiger partial charge in [0.05, 0.1) is 13.2 Å². The molecule has 0 saturated carbocycles. The number of esters is 1. The lowest BCUT2D eigenvalue weighted by Gasteiger charge is -2.45. The topological polar surface area (TPSA) is 216 Å². The Labute approximate surface area is 152 Å². The van der Waals surface area contributed by atoms with Gasteiger partial charge in [-0.2, -0.15) is 0 Å². The summed E-state index contributed by atoms with van der Waals surface area (Å²) in [6.07, 6.45) is -16.3. The Bertz CT molecular complexity index is 488. The van der Waals surface area contributed by atoms with Gasteiger partial charge in [-0.25, -0.2) is 4.79 Å². The highest BCUT2D eigenvalue weighted by Gasteiger charge is 2.51. The molecular formula is C14H24O13. The van der Waals surface area contributed by atoms with Crippen molar-refractivity contribution in [3.8, 4) is 0 Å². The monoisotopic (exact) mass is 400 g/mol. The molecule has 2 saturated heterocycles. The number of carbonyl (C=O) groups is 1. The third-order valence-corrected chi connectivity index (χ3v) is 4.35. The highest BCUT2D eigenvalue weighted by molar-refractivity contribution is 5.70. The lowest BCUT2D eigenvalue weighted by molar-refractivity contribution is -0.355. The first kappa shape index (κ1) is 22.3. The number of aliphatic hydroxyl groups excluding tert-OH is 8. The third-order valence-electron chi connectivity index (χ3n) is 4.35. The molecule has 2 rings (SSSR count). The zero-order valence-corrected chi connectivity index (χ0v) is 14.0. The van der Waals surface area contributed by atoms with E-state index >= 15 is 0 Å². The standard InChI is InChI=1S/C14H24O13/c15-1-4-7(19)12(26-6(18)3-17)10(22)14(25-4)27-11-5(2-16)24-13(23)9(21)8(11)20/h4-5,7-17,19-23H,1-3H2/t4-,5-,7-,8-,9-,10-,11-,12+,13-,14-/m1/s1. The minimum absolute atomic E-state index is 0.733. The third kappa shape index (κ3) is 4.72. The fraction of sp³-hybridized carbons (Fsp3) is 0.929. The van der Waals surface area contributed by atoms with Gasteiger partial charge in [-0.15, -0.1) is 0 Å². The first-order chi connectivity index (χ1) is 12.7. The first-order valence-electron chi connectivity index (χ1n) is 8.13. The molecule has 27 heavy (non-hydrogen) atoms. The van der Waals surface area contributed by atoms with E-state index in [1.807, 2.05) is 0 Å². The van der Waals surface area contributed by atoms with E-state index in [4.69, 9.17) is 24.1 Å². The molecule has 0 aromatic heterocycles. The van der Waals surface area contributed by atoms with E-state index in [2.05, 4.69) is 0 Å². The van der Waals surface area contributed by atoms with Gasteiger partial charge < -0.3 is 59.8 Å². The highest BCUT2D eigenvalue weighted by Crippen LogP contribution is 2.29. The van der Waals surface area contributed by atoms with Gasteiger partial charge in [-0.3, -0.25) is 0 Å². The average Bonchev–Trinajstić information content (AvgIpc) is 2.66. The van der Waals surface area contributed by atoms with Crippen molar-refractivity contribution >= 4 is 5.97 Å². The van der Waals surface area contributed by atoms with Crippen LogP contribution in [-0.2, 0) is 23.7 Å². The minimum atomic E-state index is -1.83. The van der Waals surface area contributed by atoms with Crippen LogP contribution < -0.4 is 0 Å². The van der Waals surface area contributed by atoms with Crippen molar-refractivity contribution in [2.45, 2.75) is 61.4 Å². The Balaban J connectivity index is 2.18. The summed E-state index contributed by atoms with van der Waals surface area (Å²) in [6.45, 7) is -2.52. The van der Waals surface area contributed by atoms with Crippen molar-refractivity contribution in [2.24, 2.45) is 0 Å². The summed E-state index contributed by atoms with van der Waals surface area (Å²) in [5, 5.41) is 77.0. The van der Waals surface area contributed by atoms with Gasteiger partial charge in [-0.1, -0.05) is 0 Å². The van der Waals surface area contributed by atoms with Crippen LogP contribution in [0, 0.1) is 0 Å². The van der Waals surface area contributed by atoms with Crippen molar-refractivity contribution in [1.29, 1.82) is 0 Å². The molecule has 0 unspecified atom stereocenters. The molecule has 10 atom stereocenters. The quantitative estimate of drug-likeness (QED) is 0.195. The molecule has 13 nitrogen and oxygen atoms in total. The number of rotatable bonds is 6. The maximum absolute atomic E-state index is 11.3. The lowest BCUT2D eigenvalue weighted by atomic mass is 9.97. The molecule has 2 aliphatic rings. The molecular weight excluding hydrogens is 376 g/mol. The van der Waals surface area contributed by atoms with Crippen LogP contribution in [0.2, 0.25) is 0 Å². The first-order valence-corrected chi connectivity index (χ1v) is 8.13. The lowest BCUT2D eigenvalue weighted by Crippen LogP contribution is -2.65. The van der Waals surface area contributed by atoms with Crippen LogP contribution in [0.25, 0.3) is 0 Å². The van der Waals surface area contributed by atoms with Crippen molar-refractivity contribution in [2.75, 3.05) is 19.8 Å². The second-order valence-corrected chi connectivity index (χ2v) is 6.15. The summed E-state index contributed by atoms with van der Waals surface area (Å²) in [5.41, 5.74) is 0. The molecule has 158 valence electrons. The summed E-state index contributed by atoms with van der Waals surface area (Å²) < 4.78 is 20.2. The van der Waals surface area contributed by atoms with Crippen LogP contribution >= 0.6 is 0 Å². The van der Waals surface area contributed by atoms with Crippen LogP contribution in [0.5, 0.6) is 0 Å². The van der Waals surface area contributed by atoms with Crippen LogP contribution in [0.4, 0.5) is 0 Å². The summed E-state index contributed by atoms with van der Waals surface area (Å²) in [5.74, 6) is -1.16. The fourth-order valence-corrected chi connectivity index (χ4v) is 2.88. The second kappa shape index (κ2) is 9.49. The number of ether oxygens (including phenoxy) is 4. The number of carbonyl (C=O) groups excluding carboxylic acids is 1.